The van der Waals surface area contributed by atoms with Crippen LogP contribution in [0.25, 0.3) is 0 Å². The number of nitrogens with zero attached hydrogens (tertiary/aromatic N) is 1. The maximum absolute atomic E-state index is 5.27. The van der Waals surface area contributed by atoms with Crippen LogP contribution in [0.3, 0.4) is 0 Å². The van der Waals surface area contributed by atoms with E-state index in [0.29, 0.717) is 11.5 Å². The molecule has 1 aliphatic rings. The summed E-state index contributed by atoms with van der Waals surface area (Å²) in [5.41, 5.74) is 1.61. The monoisotopic (exact) mass is 262 g/mol. The van der Waals surface area contributed by atoms with E-state index in [1.807, 2.05) is 6.07 Å². The molecule has 1 unspecified atom stereocenters. The van der Waals surface area contributed by atoms with Crippen LogP contribution in [0.5, 0.6) is 5.75 Å². The highest BCUT2D eigenvalue weighted by molar-refractivity contribution is 5.28. The van der Waals surface area contributed by atoms with Gasteiger partial charge in [0.15, 0.2) is 0 Å². The van der Waals surface area contributed by atoms with E-state index in [1.54, 1.807) is 7.11 Å². The Kier molecular flexibility index (Phi) is 4.48. The summed E-state index contributed by atoms with van der Waals surface area (Å²) in [5, 5.41) is 3.72. The first-order valence-corrected chi connectivity index (χ1v) is 7.06. The van der Waals surface area contributed by atoms with Crippen molar-refractivity contribution >= 4 is 0 Å². The van der Waals surface area contributed by atoms with Crippen molar-refractivity contribution in [1.82, 2.24) is 10.2 Å². The molecular weight excluding hydrogens is 236 g/mol. The first-order chi connectivity index (χ1) is 9.01. The fourth-order valence-corrected chi connectivity index (χ4v) is 3.03. The summed E-state index contributed by atoms with van der Waals surface area (Å²) in [7, 11) is 3.92. The SMILES string of the molecule is COc1cccc(CNC2CCN(C)CC2(C)C)c1. The fourth-order valence-electron chi connectivity index (χ4n) is 3.03. The molecule has 106 valence electrons. The second-order valence-electron chi connectivity index (χ2n) is 6.30. The molecule has 1 atom stereocenters. The highest BCUT2D eigenvalue weighted by Gasteiger charge is 2.33. The molecule has 0 radical (unpaired) electrons. The van der Waals surface area contributed by atoms with Crippen LogP contribution in [-0.4, -0.2) is 38.2 Å². The summed E-state index contributed by atoms with van der Waals surface area (Å²) in [6, 6.07) is 8.88. The van der Waals surface area contributed by atoms with Gasteiger partial charge in [0.1, 0.15) is 5.75 Å². The van der Waals surface area contributed by atoms with E-state index in [4.69, 9.17) is 4.74 Å². The first kappa shape index (κ1) is 14.4. The number of rotatable bonds is 4. The van der Waals surface area contributed by atoms with E-state index in [1.165, 1.54) is 18.5 Å². The second kappa shape index (κ2) is 5.93. The van der Waals surface area contributed by atoms with E-state index in [0.717, 1.165) is 18.8 Å². The largest absolute Gasteiger partial charge is 0.497 e. The van der Waals surface area contributed by atoms with Crippen LogP contribution in [0.15, 0.2) is 24.3 Å². The summed E-state index contributed by atoms with van der Waals surface area (Å²) in [5.74, 6) is 0.932. The number of likely N-dealkylation sites (tertiary alicyclic amines) is 1. The van der Waals surface area contributed by atoms with Gasteiger partial charge in [-0.3, -0.25) is 0 Å². The van der Waals surface area contributed by atoms with Crippen LogP contribution in [0.1, 0.15) is 25.8 Å². The molecule has 19 heavy (non-hydrogen) atoms. The highest BCUT2D eigenvalue weighted by atomic mass is 16.5. The van der Waals surface area contributed by atoms with Gasteiger partial charge in [0, 0.05) is 19.1 Å². The molecule has 0 spiro atoms. The van der Waals surface area contributed by atoms with Crippen LogP contribution in [0, 0.1) is 5.41 Å². The molecule has 0 bridgehead atoms. The Morgan fingerprint density at radius 1 is 1.42 bits per heavy atom. The van der Waals surface area contributed by atoms with Gasteiger partial charge >= 0.3 is 0 Å². The maximum atomic E-state index is 5.27. The molecule has 1 saturated heterocycles. The summed E-state index contributed by atoms with van der Waals surface area (Å²) >= 11 is 0. The van der Waals surface area contributed by atoms with Crippen molar-refractivity contribution in [2.45, 2.75) is 32.9 Å². The average Bonchev–Trinajstić information content (AvgIpc) is 2.37. The van der Waals surface area contributed by atoms with Crippen LogP contribution in [0.2, 0.25) is 0 Å². The van der Waals surface area contributed by atoms with Crippen molar-refractivity contribution in [2.75, 3.05) is 27.2 Å². The van der Waals surface area contributed by atoms with E-state index >= 15 is 0 Å². The first-order valence-electron chi connectivity index (χ1n) is 7.06. The van der Waals surface area contributed by atoms with Gasteiger partial charge in [0.25, 0.3) is 0 Å². The maximum Gasteiger partial charge on any atom is 0.119 e. The fraction of sp³-hybridized carbons (Fsp3) is 0.625. The predicted octanol–water partition coefficient (Wildman–Crippen LogP) is 2.52. The van der Waals surface area contributed by atoms with Crippen molar-refractivity contribution in [3.05, 3.63) is 29.8 Å². The molecule has 3 heteroatoms. The molecule has 1 aliphatic heterocycles. The van der Waals surface area contributed by atoms with Gasteiger partial charge in [-0.05, 0) is 43.1 Å². The zero-order chi connectivity index (χ0) is 13.9. The lowest BCUT2D eigenvalue weighted by Crippen LogP contribution is -2.53. The Hall–Kier alpha value is -1.06. The van der Waals surface area contributed by atoms with Gasteiger partial charge in [0.2, 0.25) is 0 Å². The quantitative estimate of drug-likeness (QED) is 0.902. The Labute approximate surface area is 116 Å². The zero-order valence-corrected chi connectivity index (χ0v) is 12.6. The number of methoxy groups -OCH3 is 1. The van der Waals surface area contributed by atoms with E-state index in [2.05, 4.69) is 49.3 Å². The van der Waals surface area contributed by atoms with Crippen molar-refractivity contribution < 1.29 is 4.74 Å². The van der Waals surface area contributed by atoms with Gasteiger partial charge < -0.3 is 15.0 Å². The standard InChI is InChI=1S/C16H26N2O/c1-16(2)12-18(3)9-8-15(16)17-11-13-6-5-7-14(10-13)19-4/h5-7,10,15,17H,8-9,11-12H2,1-4H3. The number of ether oxygens (including phenoxy) is 1. The molecular formula is C16H26N2O. The lowest BCUT2D eigenvalue weighted by atomic mass is 9.79. The molecule has 1 aromatic rings. The summed E-state index contributed by atoms with van der Waals surface area (Å²) in [6.07, 6.45) is 1.22. The van der Waals surface area contributed by atoms with E-state index in [9.17, 15) is 0 Å². The van der Waals surface area contributed by atoms with Crippen LogP contribution in [0.4, 0.5) is 0 Å². The average molecular weight is 262 g/mol. The number of nitrogens with one attached hydrogen (secondary N) is 1. The minimum absolute atomic E-state index is 0.325. The van der Waals surface area contributed by atoms with Crippen LogP contribution >= 0.6 is 0 Å². The Balaban J connectivity index is 1.94. The third-order valence-corrected chi connectivity index (χ3v) is 4.11. The lowest BCUT2D eigenvalue weighted by molar-refractivity contribution is 0.0956. The van der Waals surface area contributed by atoms with Crippen molar-refractivity contribution in [1.29, 1.82) is 0 Å². The third-order valence-electron chi connectivity index (χ3n) is 4.11. The highest BCUT2D eigenvalue weighted by Crippen LogP contribution is 2.28. The number of hydrogen-bond donors (Lipinski definition) is 1. The molecule has 1 aromatic carbocycles. The Bertz CT molecular complexity index is 417. The second-order valence-corrected chi connectivity index (χ2v) is 6.30. The van der Waals surface area contributed by atoms with Gasteiger partial charge in [0.05, 0.1) is 7.11 Å². The van der Waals surface area contributed by atoms with Crippen molar-refractivity contribution in [3.8, 4) is 5.75 Å². The smallest absolute Gasteiger partial charge is 0.119 e. The topological polar surface area (TPSA) is 24.5 Å². The number of benzene rings is 1. The number of hydrogen-bond acceptors (Lipinski definition) is 3. The minimum atomic E-state index is 0.325. The zero-order valence-electron chi connectivity index (χ0n) is 12.6. The molecule has 0 saturated carbocycles. The summed E-state index contributed by atoms with van der Waals surface area (Å²) in [4.78, 5) is 2.42. The molecule has 2 rings (SSSR count). The molecule has 0 aliphatic carbocycles. The minimum Gasteiger partial charge on any atom is -0.497 e. The molecule has 1 N–H and O–H groups in total. The van der Waals surface area contributed by atoms with Crippen LogP contribution < -0.4 is 10.1 Å². The number of piperidine rings is 1. The molecule has 1 heterocycles. The normalized spacial score (nSPS) is 23.3. The van der Waals surface area contributed by atoms with Gasteiger partial charge in [-0.1, -0.05) is 26.0 Å². The Morgan fingerprint density at radius 2 is 2.21 bits per heavy atom. The van der Waals surface area contributed by atoms with Crippen molar-refractivity contribution in [2.24, 2.45) is 5.41 Å². The summed E-state index contributed by atoms with van der Waals surface area (Å²) < 4.78 is 5.27. The van der Waals surface area contributed by atoms with Gasteiger partial charge in [-0.25, -0.2) is 0 Å². The lowest BCUT2D eigenvalue weighted by Gasteiger charge is -2.43. The van der Waals surface area contributed by atoms with Crippen LogP contribution in [-0.2, 0) is 6.54 Å². The molecule has 0 amide bonds. The predicted molar refractivity (Wildman–Crippen MR) is 79.5 cm³/mol. The van der Waals surface area contributed by atoms with Gasteiger partial charge in [-0.2, -0.15) is 0 Å². The van der Waals surface area contributed by atoms with E-state index in [-0.39, 0.29) is 0 Å². The van der Waals surface area contributed by atoms with Gasteiger partial charge in [-0.15, -0.1) is 0 Å². The molecule has 3 nitrogen and oxygen atoms in total. The molecule has 1 fully saturated rings. The van der Waals surface area contributed by atoms with Crippen molar-refractivity contribution in [3.63, 3.8) is 0 Å². The molecule has 0 aromatic heterocycles. The third kappa shape index (κ3) is 3.71. The Morgan fingerprint density at radius 3 is 2.89 bits per heavy atom. The van der Waals surface area contributed by atoms with E-state index < -0.39 is 0 Å². The summed E-state index contributed by atoms with van der Waals surface area (Å²) in [6.45, 7) is 7.95.